The van der Waals surface area contributed by atoms with E-state index in [1.54, 1.807) is 30.2 Å². The van der Waals surface area contributed by atoms with E-state index in [1.165, 1.54) is 12.8 Å². The van der Waals surface area contributed by atoms with E-state index in [-0.39, 0.29) is 11.6 Å². The summed E-state index contributed by atoms with van der Waals surface area (Å²) in [6.45, 7) is 6.64. The molecule has 8 heteroatoms. The third-order valence-electron chi connectivity index (χ3n) is 8.15. The summed E-state index contributed by atoms with van der Waals surface area (Å²) >= 11 is 1.57. The molecule has 0 N–H and O–H groups in total. The normalized spacial score (nSPS) is 20.1. The van der Waals surface area contributed by atoms with Gasteiger partial charge in [0, 0.05) is 30.1 Å². The zero-order chi connectivity index (χ0) is 27.0. The van der Waals surface area contributed by atoms with E-state index in [2.05, 4.69) is 23.8 Å². The van der Waals surface area contributed by atoms with Gasteiger partial charge in [0.05, 0.1) is 31.3 Å². The van der Waals surface area contributed by atoms with Crippen molar-refractivity contribution in [2.75, 3.05) is 14.2 Å². The molecular weight excluding hydrogens is 496 g/mol. The van der Waals surface area contributed by atoms with Gasteiger partial charge in [0.2, 0.25) is 0 Å². The molecule has 0 aliphatic heterocycles. The average molecular weight is 533 g/mol. The molecule has 7 nitrogen and oxygen atoms in total. The Morgan fingerprint density at radius 1 is 1.03 bits per heavy atom. The summed E-state index contributed by atoms with van der Waals surface area (Å²) < 4.78 is 17.2. The quantitative estimate of drug-likeness (QED) is 0.294. The van der Waals surface area contributed by atoms with Crippen LogP contribution in [-0.4, -0.2) is 28.2 Å². The molecule has 1 saturated carbocycles. The molecule has 2 heterocycles. The Bertz CT molecular complexity index is 1560. The first-order valence-electron chi connectivity index (χ1n) is 13.2. The van der Waals surface area contributed by atoms with Crippen molar-refractivity contribution in [1.82, 2.24) is 13.9 Å². The molecule has 1 fully saturated rings. The fourth-order valence-corrected chi connectivity index (χ4v) is 6.57. The van der Waals surface area contributed by atoms with E-state index in [1.807, 2.05) is 67.2 Å². The average Bonchev–Trinajstić information content (AvgIpc) is 3.44. The molecule has 3 atom stereocenters. The van der Waals surface area contributed by atoms with Gasteiger partial charge in [-0.2, -0.15) is 0 Å². The Balaban J connectivity index is 1.74. The first-order chi connectivity index (χ1) is 18.3. The van der Waals surface area contributed by atoms with Crippen molar-refractivity contribution < 1.29 is 9.47 Å². The van der Waals surface area contributed by atoms with E-state index in [0.717, 1.165) is 45.4 Å². The van der Waals surface area contributed by atoms with Gasteiger partial charge in [-0.25, -0.2) is 9.67 Å². The number of ether oxygens (including phenoxy) is 2. The van der Waals surface area contributed by atoms with Crippen molar-refractivity contribution in [1.29, 1.82) is 0 Å². The fraction of sp³-hybridized carbons (Fsp3) is 0.400. The molecule has 38 heavy (non-hydrogen) atoms. The summed E-state index contributed by atoms with van der Waals surface area (Å²) in [5.41, 5.74) is 4.04. The third kappa shape index (κ3) is 4.51. The van der Waals surface area contributed by atoms with Gasteiger partial charge in [0.1, 0.15) is 11.5 Å². The lowest BCUT2D eigenvalue weighted by Gasteiger charge is -2.36. The van der Waals surface area contributed by atoms with Crippen LogP contribution in [0, 0.1) is 18.8 Å². The van der Waals surface area contributed by atoms with Crippen LogP contribution in [0.15, 0.2) is 63.7 Å². The van der Waals surface area contributed by atoms with Crippen LogP contribution < -0.4 is 19.8 Å². The molecule has 0 saturated heterocycles. The van der Waals surface area contributed by atoms with E-state index in [9.17, 15) is 4.79 Å². The number of benzene rings is 2. The van der Waals surface area contributed by atoms with Crippen LogP contribution in [0.25, 0.3) is 16.9 Å². The van der Waals surface area contributed by atoms with Crippen LogP contribution in [0.1, 0.15) is 44.8 Å². The molecule has 200 valence electrons. The van der Waals surface area contributed by atoms with Crippen LogP contribution in [0.3, 0.4) is 0 Å². The van der Waals surface area contributed by atoms with Crippen molar-refractivity contribution in [2.24, 2.45) is 23.9 Å². The van der Waals surface area contributed by atoms with Crippen molar-refractivity contribution >= 4 is 17.0 Å². The summed E-state index contributed by atoms with van der Waals surface area (Å²) in [5.74, 6) is 2.58. The molecule has 4 aromatic rings. The van der Waals surface area contributed by atoms with Crippen LogP contribution in [0.5, 0.6) is 11.5 Å². The highest BCUT2D eigenvalue weighted by molar-refractivity contribution is 7.07. The monoisotopic (exact) mass is 532 g/mol. The minimum absolute atomic E-state index is 0.121. The van der Waals surface area contributed by atoms with Gasteiger partial charge in [0.15, 0.2) is 10.5 Å². The second-order valence-electron chi connectivity index (χ2n) is 10.2. The maximum Gasteiger partial charge on any atom is 0.297 e. The van der Waals surface area contributed by atoms with Gasteiger partial charge in [-0.1, -0.05) is 44.9 Å². The number of aromatic nitrogens is 3. The molecule has 1 aliphatic carbocycles. The van der Waals surface area contributed by atoms with Crippen LogP contribution in [-0.2, 0) is 7.05 Å². The molecule has 3 unspecified atom stereocenters. The van der Waals surface area contributed by atoms with Gasteiger partial charge in [-0.05, 0) is 49.4 Å². The highest BCUT2D eigenvalue weighted by atomic mass is 32.1. The Labute approximate surface area is 227 Å². The SMILES string of the molecule is COc1ccc(-c2csc(=Nc3c(C)n(C)n(-c4ccccc4)c3=O)n2C2CCCC(C)C2C)c(OC)c1. The number of hydrogen-bond donors (Lipinski definition) is 0. The Morgan fingerprint density at radius 2 is 1.79 bits per heavy atom. The molecule has 0 bridgehead atoms. The Hall–Kier alpha value is -3.52. The summed E-state index contributed by atoms with van der Waals surface area (Å²) in [4.78, 5) is 19.6. The summed E-state index contributed by atoms with van der Waals surface area (Å²) in [6.07, 6.45) is 3.47. The van der Waals surface area contributed by atoms with Crippen molar-refractivity contribution in [2.45, 2.75) is 46.1 Å². The van der Waals surface area contributed by atoms with Crippen molar-refractivity contribution in [3.63, 3.8) is 0 Å². The number of nitrogens with zero attached hydrogens (tertiary/aromatic N) is 4. The molecule has 2 aromatic carbocycles. The second-order valence-corrected chi connectivity index (χ2v) is 11.0. The van der Waals surface area contributed by atoms with Crippen LogP contribution >= 0.6 is 11.3 Å². The summed E-state index contributed by atoms with van der Waals surface area (Å²) in [6, 6.07) is 15.9. The van der Waals surface area contributed by atoms with Crippen molar-refractivity contribution in [3.05, 3.63) is 74.8 Å². The van der Waals surface area contributed by atoms with Gasteiger partial charge in [-0.3, -0.25) is 9.48 Å². The van der Waals surface area contributed by atoms with Crippen LogP contribution in [0.4, 0.5) is 5.69 Å². The number of hydrogen-bond acceptors (Lipinski definition) is 5. The number of methoxy groups -OCH3 is 2. The van der Waals surface area contributed by atoms with E-state index in [0.29, 0.717) is 17.5 Å². The highest BCUT2D eigenvalue weighted by Gasteiger charge is 2.31. The summed E-state index contributed by atoms with van der Waals surface area (Å²) in [7, 11) is 5.25. The minimum atomic E-state index is -0.121. The molecule has 0 amide bonds. The minimum Gasteiger partial charge on any atom is -0.497 e. The molecule has 5 rings (SSSR count). The molecule has 0 radical (unpaired) electrons. The molecule has 0 spiro atoms. The maximum atomic E-state index is 13.7. The van der Waals surface area contributed by atoms with Crippen molar-refractivity contribution in [3.8, 4) is 28.4 Å². The summed E-state index contributed by atoms with van der Waals surface area (Å²) in [5, 5.41) is 2.14. The number of para-hydroxylation sites is 1. The standard InChI is InChI=1S/C30H36N4O3S/c1-19-11-10-14-25(20(19)2)33-26(24-16-15-23(36-5)17-27(24)37-6)18-38-30(33)31-28-21(3)32(4)34(29(28)35)22-12-8-7-9-13-22/h7-9,12-13,15-20,25H,10-11,14H2,1-6H3. The van der Waals surface area contributed by atoms with Gasteiger partial charge >= 0.3 is 0 Å². The van der Waals surface area contributed by atoms with E-state index >= 15 is 0 Å². The van der Waals surface area contributed by atoms with Gasteiger partial charge in [0.25, 0.3) is 5.56 Å². The lowest BCUT2D eigenvalue weighted by atomic mass is 9.78. The zero-order valence-corrected chi connectivity index (χ0v) is 23.8. The number of rotatable bonds is 6. The van der Waals surface area contributed by atoms with E-state index < -0.39 is 0 Å². The topological polar surface area (TPSA) is 62.7 Å². The largest absolute Gasteiger partial charge is 0.497 e. The molecular formula is C30H36N4O3S. The van der Waals surface area contributed by atoms with Crippen LogP contribution in [0.2, 0.25) is 0 Å². The molecule has 2 aromatic heterocycles. The lowest BCUT2D eigenvalue weighted by molar-refractivity contribution is 0.185. The Kier molecular flexibility index (Phi) is 7.34. The first kappa shape index (κ1) is 26.1. The third-order valence-corrected chi connectivity index (χ3v) is 8.99. The lowest BCUT2D eigenvalue weighted by Crippen LogP contribution is -2.32. The predicted molar refractivity (Wildman–Crippen MR) is 153 cm³/mol. The zero-order valence-electron chi connectivity index (χ0n) is 23.0. The highest BCUT2D eigenvalue weighted by Crippen LogP contribution is 2.41. The molecule has 1 aliphatic rings. The van der Waals surface area contributed by atoms with Gasteiger partial charge < -0.3 is 14.0 Å². The smallest absolute Gasteiger partial charge is 0.297 e. The number of thiazole rings is 1. The fourth-order valence-electron chi connectivity index (χ4n) is 5.63. The van der Waals surface area contributed by atoms with E-state index in [4.69, 9.17) is 14.5 Å². The second kappa shape index (κ2) is 10.7. The maximum absolute atomic E-state index is 13.7. The first-order valence-corrected chi connectivity index (χ1v) is 14.0. The predicted octanol–water partition coefficient (Wildman–Crippen LogP) is 6.26. The van der Waals surface area contributed by atoms with Gasteiger partial charge in [-0.15, -0.1) is 11.3 Å². The Morgan fingerprint density at radius 3 is 2.50 bits per heavy atom.